The van der Waals surface area contributed by atoms with Crippen molar-refractivity contribution in [2.75, 3.05) is 5.73 Å². The number of anilines is 1. The van der Waals surface area contributed by atoms with Gasteiger partial charge in [-0.3, -0.25) is 5.84 Å². The van der Waals surface area contributed by atoms with E-state index < -0.39 is 23.6 Å². The van der Waals surface area contributed by atoms with Gasteiger partial charge >= 0.3 is 6.18 Å². The van der Waals surface area contributed by atoms with Gasteiger partial charge in [-0.15, -0.1) is 0 Å². The highest BCUT2D eigenvalue weighted by atomic mass is 19.4. The number of nitrogens with one attached hydrogen (secondary N) is 1. The fraction of sp³-hybridized carbons (Fsp3) is 0.143. The molecule has 0 aliphatic carbocycles. The highest BCUT2D eigenvalue weighted by Crippen LogP contribution is 2.37. The number of benzene rings is 2. The van der Waals surface area contributed by atoms with E-state index in [1.54, 1.807) is 0 Å². The molecule has 0 amide bonds. The van der Waals surface area contributed by atoms with E-state index in [9.17, 15) is 17.6 Å². The fourth-order valence-corrected chi connectivity index (χ4v) is 2.15. The van der Waals surface area contributed by atoms with Crippen LogP contribution in [0.15, 0.2) is 42.5 Å². The first-order valence-electron chi connectivity index (χ1n) is 6.01. The number of rotatable bonds is 3. The minimum Gasteiger partial charge on any atom is -0.398 e. The van der Waals surface area contributed by atoms with Gasteiger partial charge in [0.05, 0.1) is 11.6 Å². The van der Waals surface area contributed by atoms with Crippen LogP contribution in [0.25, 0.3) is 0 Å². The first-order valence-corrected chi connectivity index (χ1v) is 6.01. The average Bonchev–Trinajstić information content (AvgIpc) is 2.43. The molecule has 0 aromatic heterocycles. The molecule has 0 saturated heterocycles. The van der Waals surface area contributed by atoms with Gasteiger partial charge in [-0.05, 0) is 29.8 Å². The number of nitrogen functional groups attached to an aromatic ring is 1. The van der Waals surface area contributed by atoms with Gasteiger partial charge in [0.1, 0.15) is 5.82 Å². The smallest absolute Gasteiger partial charge is 0.398 e. The van der Waals surface area contributed by atoms with E-state index in [4.69, 9.17) is 11.6 Å². The quantitative estimate of drug-likeness (QED) is 0.353. The van der Waals surface area contributed by atoms with Crippen molar-refractivity contribution >= 4 is 5.69 Å². The molecule has 2 rings (SSSR count). The van der Waals surface area contributed by atoms with Crippen LogP contribution in [0.1, 0.15) is 22.7 Å². The van der Waals surface area contributed by atoms with Crippen molar-refractivity contribution < 1.29 is 17.6 Å². The zero-order chi connectivity index (χ0) is 15.6. The minimum atomic E-state index is -4.55. The van der Waals surface area contributed by atoms with Crippen LogP contribution < -0.4 is 17.0 Å². The Morgan fingerprint density at radius 1 is 1.00 bits per heavy atom. The van der Waals surface area contributed by atoms with E-state index >= 15 is 0 Å². The van der Waals surface area contributed by atoms with Gasteiger partial charge in [0.25, 0.3) is 0 Å². The Bertz CT molecular complexity index is 640. The van der Waals surface area contributed by atoms with E-state index in [0.717, 1.165) is 18.2 Å². The maximum Gasteiger partial charge on any atom is 0.416 e. The number of hydrogen-bond acceptors (Lipinski definition) is 3. The topological polar surface area (TPSA) is 64.1 Å². The van der Waals surface area contributed by atoms with Crippen molar-refractivity contribution in [1.29, 1.82) is 0 Å². The molecule has 5 N–H and O–H groups in total. The molecule has 0 spiro atoms. The summed E-state index contributed by atoms with van der Waals surface area (Å²) in [6.07, 6.45) is -4.55. The molecule has 112 valence electrons. The van der Waals surface area contributed by atoms with Gasteiger partial charge in [0.15, 0.2) is 0 Å². The molecule has 21 heavy (non-hydrogen) atoms. The molecule has 7 heteroatoms. The van der Waals surface area contributed by atoms with Crippen molar-refractivity contribution in [3.63, 3.8) is 0 Å². The van der Waals surface area contributed by atoms with Gasteiger partial charge in [-0.25, -0.2) is 9.82 Å². The molecule has 0 aliphatic heterocycles. The van der Waals surface area contributed by atoms with Gasteiger partial charge in [0, 0.05) is 11.3 Å². The molecule has 0 fully saturated rings. The van der Waals surface area contributed by atoms with Crippen molar-refractivity contribution in [3.05, 3.63) is 65.0 Å². The fourth-order valence-electron chi connectivity index (χ4n) is 2.15. The average molecular weight is 299 g/mol. The number of alkyl halides is 3. The molecule has 0 radical (unpaired) electrons. The third kappa shape index (κ3) is 3.14. The molecule has 1 unspecified atom stereocenters. The Hall–Kier alpha value is -2.12. The van der Waals surface area contributed by atoms with Crippen LogP contribution in [0.5, 0.6) is 0 Å². The molecular formula is C14H13F4N3. The Balaban J connectivity index is 2.60. The number of nitrogens with two attached hydrogens (primary N) is 2. The Morgan fingerprint density at radius 3 is 2.29 bits per heavy atom. The second-order valence-corrected chi connectivity index (χ2v) is 4.46. The normalized spacial score (nSPS) is 13.2. The van der Waals surface area contributed by atoms with Crippen molar-refractivity contribution in [2.45, 2.75) is 12.2 Å². The van der Waals surface area contributed by atoms with Gasteiger partial charge in [0.2, 0.25) is 0 Å². The zero-order valence-electron chi connectivity index (χ0n) is 10.8. The van der Waals surface area contributed by atoms with E-state index in [-0.39, 0.29) is 16.8 Å². The maximum absolute atomic E-state index is 13.3. The largest absolute Gasteiger partial charge is 0.416 e. The summed E-state index contributed by atoms with van der Waals surface area (Å²) < 4.78 is 52.5. The van der Waals surface area contributed by atoms with E-state index in [1.807, 2.05) is 0 Å². The third-order valence-corrected chi connectivity index (χ3v) is 3.10. The molecule has 0 bridgehead atoms. The van der Waals surface area contributed by atoms with Crippen LogP contribution in [0, 0.1) is 5.82 Å². The lowest BCUT2D eigenvalue weighted by molar-refractivity contribution is -0.138. The second-order valence-electron chi connectivity index (χ2n) is 4.46. The lowest BCUT2D eigenvalue weighted by Crippen LogP contribution is -2.31. The summed E-state index contributed by atoms with van der Waals surface area (Å²) in [6.45, 7) is 0. The van der Waals surface area contributed by atoms with Gasteiger partial charge < -0.3 is 5.73 Å². The Morgan fingerprint density at radius 2 is 1.67 bits per heavy atom. The van der Waals surface area contributed by atoms with Crippen molar-refractivity contribution in [2.24, 2.45) is 5.84 Å². The van der Waals surface area contributed by atoms with Gasteiger partial charge in [-0.2, -0.15) is 13.2 Å². The van der Waals surface area contributed by atoms with Crippen LogP contribution in [0.4, 0.5) is 23.2 Å². The second kappa shape index (κ2) is 5.71. The molecule has 0 aliphatic rings. The monoisotopic (exact) mass is 299 g/mol. The highest BCUT2D eigenvalue weighted by molar-refractivity contribution is 5.52. The lowest BCUT2D eigenvalue weighted by Gasteiger charge is -2.22. The number of hydrogen-bond donors (Lipinski definition) is 3. The van der Waals surface area contributed by atoms with Crippen LogP contribution in [0.3, 0.4) is 0 Å². The summed E-state index contributed by atoms with van der Waals surface area (Å²) >= 11 is 0. The summed E-state index contributed by atoms with van der Waals surface area (Å²) in [5, 5.41) is 0. The summed E-state index contributed by atoms with van der Waals surface area (Å²) in [4.78, 5) is 0. The standard InChI is InChI=1S/C14H13F4N3/c15-8-5-6-12(19)10(7-8)13(21-20)9-3-1-2-4-11(9)14(16,17)18/h1-7,13,21H,19-20H2. The molecule has 3 nitrogen and oxygen atoms in total. The number of halogens is 4. The molecule has 1 atom stereocenters. The van der Waals surface area contributed by atoms with Crippen LogP contribution in [-0.2, 0) is 6.18 Å². The van der Waals surface area contributed by atoms with E-state index in [0.29, 0.717) is 0 Å². The summed E-state index contributed by atoms with van der Waals surface area (Å²) in [5.41, 5.74) is 7.31. The highest BCUT2D eigenvalue weighted by Gasteiger charge is 2.35. The zero-order valence-corrected chi connectivity index (χ0v) is 10.8. The Kier molecular flexibility index (Phi) is 4.15. The number of hydrazine groups is 1. The molecule has 0 heterocycles. The third-order valence-electron chi connectivity index (χ3n) is 3.10. The summed E-state index contributed by atoms with van der Waals surface area (Å²) in [7, 11) is 0. The molecule has 0 saturated carbocycles. The summed E-state index contributed by atoms with van der Waals surface area (Å²) in [5.74, 6) is 4.77. The molecular weight excluding hydrogens is 286 g/mol. The predicted octanol–water partition coefficient (Wildman–Crippen LogP) is 2.98. The van der Waals surface area contributed by atoms with Gasteiger partial charge in [-0.1, -0.05) is 18.2 Å². The SMILES string of the molecule is NNC(c1cc(F)ccc1N)c1ccccc1C(F)(F)F. The van der Waals surface area contributed by atoms with E-state index in [2.05, 4.69) is 5.43 Å². The minimum absolute atomic E-state index is 0.121. The van der Waals surface area contributed by atoms with Crippen LogP contribution in [-0.4, -0.2) is 0 Å². The lowest BCUT2D eigenvalue weighted by atomic mass is 9.93. The first-order chi connectivity index (χ1) is 9.84. The van der Waals surface area contributed by atoms with Crippen LogP contribution in [0.2, 0.25) is 0 Å². The molecule has 2 aromatic carbocycles. The van der Waals surface area contributed by atoms with Crippen LogP contribution >= 0.6 is 0 Å². The van der Waals surface area contributed by atoms with Crippen molar-refractivity contribution in [1.82, 2.24) is 5.43 Å². The van der Waals surface area contributed by atoms with Crippen molar-refractivity contribution in [3.8, 4) is 0 Å². The maximum atomic E-state index is 13.3. The van der Waals surface area contributed by atoms with E-state index in [1.165, 1.54) is 24.3 Å². The first kappa shape index (κ1) is 15.3. The predicted molar refractivity (Wildman–Crippen MR) is 71.4 cm³/mol. The summed E-state index contributed by atoms with van der Waals surface area (Å²) in [6, 6.07) is 7.34. The molecule has 2 aromatic rings. The Labute approximate surface area is 118 Å².